The Morgan fingerprint density at radius 3 is 2.55 bits per heavy atom. The maximum absolute atomic E-state index is 16.5. The molecule has 2 unspecified atom stereocenters. The van der Waals surface area contributed by atoms with Crippen LogP contribution in [0.25, 0.3) is 32.9 Å². The molecule has 2 N–H and O–H groups in total. The molecule has 0 aliphatic carbocycles. The minimum absolute atomic E-state index is 0.0376. The lowest BCUT2D eigenvalue weighted by molar-refractivity contribution is -0.130. The highest BCUT2D eigenvalue weighted by atomic mass is 19.1. The lowest BCUT2D eigenvalue weighted by Crippen LogP contribution is -2.51. The van der Waals surface area contributed by atoms with Gasteiger partial charge in [-0.15, -0.1) is 0 Å². The molecule has 0 radical (unpaired) electrons. The number of hydrogen-bond acceptors (Lipinski definition) is 8. The average molecular weight is 543 g/mol. The predicted octanol–water partition coefficient (Wildman–Crippen LogP) is 4.02. The van der Waals surface area contributed by atoms with Gasteiger partial charge in [-0.2, -0.15) is 9.97 Å². The molecular weight excluding hydrogens is 511 g/mol. The number of carbonyl (C=O) groups excluding carboxylic acids is 1. The molecule has 9 nitrogen and oxygen atoms in total. The first-order chi connectivity index (χ1) is 19.4. The van der Waals surface area contributed by atoms with Gasteiger partial charge in [0.15, 0.2) is 5.82 Å². The minimum Gasteiger partial charge on any atom is -0.508 e. The molecular formula is C30H31FN6O3. The number of aromatic hydroxyl groups is 1. The number of carbonyl (C=O) groups is 1. The number of hydrogen-bond donors (Lipinski definition) is 2. The van der Waals surface area contributed by atoms with Gasteiger partial charge in [-0.3, -0.25) is 9.78 Å². The summed E-state index contributed by atoms with van der Waals surface area (Å²) in [6, 6.07) is 11.6. The number of pyridine rings is 1. The maximum Gasteiger partial charge on any atom is 0.319 e. The number of piperidine rings is 1. The Kier molecular flexibility index (Phi) is 6.14. The second kappa shape index (κ2) is 9.85. The summed E-state index contributed by atoms with van der Waals surface area (Å²) in [7, 11) is 0. The Labute approximate surface area is 231 Å². The molecule has 0 spiro atoms. The monoisotopic (exact) mass is 542 g/mol. The Balaban J connectivity index is 1.33. The number of piperazine rings is 1. The van der Waals surface area contributed by atoms with E-state index in [2.05, 4.69) is 20.2 Å². The number of nitrogens with zero attached hydrogens (tertiary/aromatic N) is 5. The van der Waals surface area contributed by atoms with Crippen molar-refractivity contribution in [3.8, 4) is 23.0 Å². The van der Waals surface area contributed by atoms with Gasteiger partial charge in [-0.25, -0.2) is 4.39 Å². The van der Waals surface area contributed by atoms with E-state index < -0.39 is 5.82 Å². The molecule has 2 bridgehead atoms. The number of aromatic nitrogens is 3. The third kappa shape index (κ3) is 4.46. The van der Waals surface area contributed by atoms with Crippen LogP contribution in [0.2, 0.25) is 0 Å². The number of phenols is 1. The van der Waals surface area contributed by atoms with Crippen LogP contribution in [-0.2, 0) is 4.79 Å². The third-order valence-electron chi connectivity index (χ3n) is 8.42. The number of phenolic OH excluding ortho intramolecular Hbond substituents is 1. The molecule has 7 rings (SSSR count). The van der Waals surface area contributed by atoms with Crippen LogP contribution in [0, 0.1) is 5.82 Å². The van der Waals surface area contributed by atoms with Gasteiger partial charge >= 0.3 is 6.01 Å². The van der Waals surface area contributed by atoms with E-state index in [-0.39, 0.29) is 35.0 Å². The first kappa shape index (κ1) is 25.0. The molecule has 3 aliphatic heterocycles. The predicted molar refractivity (Wildman–Crippen MR) is 150 cm³/mol. The fourth-order valence-corrected chi connectivity index (χ4v) is 6.40. The second-order valence-corrected chi connectivity index (χ2v) is 11.1. The fourth-order valence-electron chi connectivity index (χ4n) is 6.40. The van der Waals surface area contributed by atoms with Gasteiger partial charge < -0.3 is 25.0 Å². The van der Waals surface area contributed by atoms with Crippen molar-refractivity contribution in [1.82, 2.24) is 25.2 Å². The Morgan fingerprint density at radius 1 is 1.05 bits per heavy atom. The molecule has 40 heavy (non-hydrogen) atoms. The Hall–Kier alpha value is -4.05. The van der Waals surface area contributed by atoms with Crippen molar-refractivity contribution < 1.29 is 19.0 Å². The Morgan fingerprint density at radius 2 is 1.80 bits per heavy atom. The SMILES string of the molecule is CC(=O)N1CCC(Oc2nc(N3CC4CCC(C3)N4)c3cnc(-c4cc(O)cc5ccccc45)c(F)c3n2)CC1. The van der Waals surface area contributed by atoms with E-state index in [1.54, 1.807) is 24.1 Å². The smallest absolute Gasteiger partial charge is 0.319 e. The zero-order valence-electron chi connectivity index (χ0n) is 22.3. The van der Waals surface area contributed by atoms with Crippen molar-refractivity contribution in [1.29, 1.82) is 0 Å². The van der Waals surface area contributed by atoms with E-state index >= 15 is 4.39 Å². The lowest BCUT2D eigenvalue weighted by atomic mass is 10.00. The van der Waals surface area contributed by atoms with Crippen LogP contribution < -0.4 is 15.0 Å². The summed E-state index contributed by atoms with van der Waals surface area (Å²) in [5.74, 6) is 0.137. The molecule has 3 fully saturated rings. The van der Waals surface area contributed by atoms with Crippen molar-refractivity contribution in [3.05, 3.63) is 48.4 Å². The molecule has 2 aromatic heterocycles. The van der Waals surface area contributed by atoms with E-state index in [9.17, 15) is 9.90 Å². The second-order valence-electron chi connectivity index (χ2n) is 11.1. The van der Waals surface area contributed by atoms with E-state index in [0.29, 0.717) is 54.8 Å². The molecule has 0 saturated carbocycles. The third-order valence-corrected chi connectivity index (χ3v) is 8.42. The molecule has 1 amide bonds. The summed E-state index contributed by atoms with van der Waals surface area (Å²) in [5, 5.41) is 16.1. The largest absolute Gasteiger partial charge is 0.508 e. The van der Waals surface area contributed by atoms with Crippen LogP contribution in [0.3, 0.4) is 0 Å². The summed E-state index contributed by atoms with van der Waals surface area (Å²) in [6.07, 6.45) is 4.99. The van der Waals surface area contributed by atoms with Gasteiger partial charge in [0, 0.05) is 69.8 Å². The topological polar surface area (TPSA) is 104 Å². The van der Waals surface area contributed by atoms with E-state index in [0.717, 1.165) is 36.7 Å². The molecule has 2 aromatic carbocycles. The number of ether oxygens (including phenoxy) is 1. The first-order valence-electron chi connectivity index (χ1n) is 13.9. The van der Waals surface area contributed by atoms with Gasteiger partial charge in [-0.05, 0) is 35.7 Å². The van der Waals surface area contributed by atoms with Crippen molar-refractivity contribution in [2.24, 2.45) is 0 Å². The minimum atomic E-state index is -0.578. The molecule has 3 saturated heterocycles. The van der Waals surface area contributed by atoms with Gasteiger partial charge in [0.1, 0.15) is 28.9 Å². The van der Waals surface area contributed by atoms with Crippen molar-refractivity contribution >= 4 is 33.4 Å². The first-order valence-corrected chi connectivity index (χ1v) is 13.9. The lowest BCUT2D eigenvalue weighted by Gasteiger charge is -2.34. The molecule has 3 aliphatic rings. The van der Waals surface area contributed by atoms with Crippen molar-refractivity contribution in [3.63, 3.8) is 0 Å². The van der Waals surface area contributed by atoms with Crippen LogP contribution in [-0.4, -0.2) is 75.2 Å². The van der Waals surface area contributed by atoms with Crippen LogP contribution in [0.5, 0.6) is 11.8 Å². The number of likely N-dealkylation sites (tertiary alicyclic amines) is 1. The quantitative estimate of drug-likeness (QED) is 0.399. The van der Waals surface area contributed by atoms with E-state index in [4.69, 9.17) is 9.72 Å². The van der Waals surface area contributed by atoms with Gasteiger partial charge in [0.05, 0.1) is 5.39 Å². The summed E-state index contributed by atoms with van der Waals surface area (Å²) in [6.45, 7) is 4.31. The molecule has 206 valence electrons. The van der Waals surface area contributed by atoms with Crippen LogP contribution in [0.1, 0.15) is 32.6 Å². The van der Waals surface area contributed by atoms with Crippen LogP contribution >= 0.6 is 0 Å². The summed E-state index contributed by atoms with van der Waals surface area (Å²) < 4.78 is 22.7. The molecule has 5 heterocycles. The molecule has 2 atom stereocenters. The van der Waals surface area contributed by atoms with Crippen molar-refractivity contribution in [2.45, 2.75) is 50.8 Å². The number of nitrogens with one attached hydrogen (secondary N) is 1. The van der Waals surface area contributed by atoms with Crippen LogP contribution in [0.4, 0.5) is 10.2 Å². The summed E-state index contributed by atoms with van der Waals surface area (Å²) in [4.78, 5) is 29.7. The molecule has 4 aromatic rings. The average Bonchev–Trinajstić information content (AvgIpc) is 3.30. The number of benzene rings is 2. The normalized spacial score (nSPS) is 21.4. The number of rotatable bonds is 4. The van der Waals surface area contributed by atoms with E-state index in [1.165, 1.54) is 6.07 Å². The number of amides is 1. The zero-order chi connectivity index (χ0) is 27.4. The highest BCUT2D eigenvalue weighted by Crippen LogP contribution is 2.37. The molecule has 10 heteroatoms. The fraction of sp³-hybridized carbons (Fsp3) is 0.400. The maximum atomic E-state index is 16.5. The van der Waals surface area contributed by atoms with E-state index in [1.807, 2.05) is 24.3 Å². The van der Waals surface area contributed by atoms with Gasteiger partial charge in [0.25, 0.3) is 0 Å². The number of anilines is 1. The number of halogens is 1. The van der Waals surface area contributed by atoms with Gasteiger partial charge in [-0.1, -0.05) is 24.3 Å². The standard InChI is InChI=1S/C30H31FN6O3/c1-17(38)36-10-8-22(9-11-36)40-30-34-28-25(29(35-30)37-15-19-6-7-20(16-37)33-19)14-32-27(26(28)31)24-13-21(39)12-18-4-2-3-5-23(18)24/h2-5,12-14,19-20,22,33,39H,6-11,15-16H2,1H3. The van der Waals surface area contributed by atoms with Crippen LogP contribution in [0.15, 0.2) is 42.6 Å². The summed E-state index contributed by atoms with van der Waals surface area (Å²) >= 11 is 0. The highest BCUT2D eigenvalue weighted by Gasteiger charge is 2.34. The van der Waals surface area contributed by atoms with Gasteiger partial charge in [0.2, 0.25) is 5.91 Å². The Bertz CT molecular complexity index is 1610. The number of fused-ring (bicyclic) bond motifs is 4. The zero-order valence-corrected chi connectivity index (χ0v) is 22.3. The van der Waals surface area contributed by atoms with Crippen molar-refractivity contribution in [2.75, 3.05) is 31.1 Å². The highest BCUT2D eigenvalue weighted by molar-refractivity contribution is 5.99. The summed E-state index contributed by atoms with van der Waals surface area (Å²) in [5.41, 5.74) is 0.754.